The molecule has 146 valence electrons. The van der Waals surface area contributed by atoms with Crippen LogP contribution in [-0.4, -0.2) is 13.1 Å². The van der Waals surface area contributed by atoms with E-state index in [1.165, 1.54) is 7.11 Å². The van der Waals surface area contributed by atoms with Gasteiger partial charge in [0, 0.05) is 11.1 Å². The quantitative estimate of drug-likeness (QED) is 0.291. The number of hydrogen-bond donors (Lipinski definition) is 0. The minimum atomic E-state index is -0.471. The summed E-state index contributed by atoms with van der Waals surface area (Å²) in [7, 11) is 1.34. The van der Waals surface area contributed by atoms with Gasteiger partial charge >= 0.3 is 11.6 Å². The summed E-state index contributed by atoms with van der Waals surface area (Å²) in [4.78, 5) is 24.8. The number of furan rings is 1. The Morgan fingerprint density at radius 2 is 1.50 bits per heavy atom. The van der Waals surface area contributed by atoms with Gasteiger partial charge in [-0.15, -0.1) is 0 Å². The first-order valence-electron chi connectivity index (χ1n) is 9.40. The average Bonchev–Trinajstić information content (AvgIpc) is 3.21. The van der Waals surface area contributed by atoms with Gasteiger partial charge in [0.25, 0.3) is 0 Å². The van der Waals surface area contributed by atoms with Crippen molar-refractivity contribution in [2.45, 2.75) is 0 Å². The van der Waals surface area contributed by atoms with E-state index in [1.54, 1.807) is 30.3 Å². The molecular formula is C25H16O5. The van der Waals surface area contributed by atoms with Crippen molar-refractivity contribution in [3.63, 3.8) is 0 Å². The number of para-hydroxylation sites is 1. The molecule has 0 unspecified atom stereocenters. The van der Waals surface area contributed by atoms with Crippen molar-refractivity contribution in [1.29, 1.82) is 0 Å². The van der Waals surface area contributed by atoms with E-state index in [2.05, 4.69) is 0 Å². The molecule has 5 heteroatoms. The van der Waals surface area contributed by atoms with Crippen molar-refractivity contribution >= 4 is 27.9 Å². The molecule has 0 aliphatic carbocycles. The normalized spacial score (nSPS) is 11.1. The molecule has 5 aromatic rings. The van der Waals surface area contributed by atoms with Gasteiger partial charge in [-0.2, -0.15) is 0 Å². The fourth-order valence-electron chi connectivity index (χ4n) is 3.67. The lowest BCUT2D eigenvalue weighted by Gasteiger charge is -2.05. The standard InChI is InChI=1S/C25H16O5/c1-28-24(26)17-13-11-15(12-14-17)20-21-23(30-22(20)16-7-3-2-4-8-16)18-9-5-6-10-19(18)29-25(21)27/h2-14H,1H3. The number of carbonyl (C=O) groups excluding carboxylic acids is 1. The van der Waals surface area contributed by atoms with Crippen LogP contribution in [0.1, 0.15) is 10.4 Å². The summed E-state index contributed by atoms with van der Waals surface area (Å²) in [5.74, 6) is 0.146. The zero-order valence-corrected chi connectivity index (χ0v) is 16.0. The highest BCUT2D eigenvalue weighted by Crippen LogP contribution is 2.41. The van der Waals surface area contributed by atoms with Crippen LogP contribution in [0.15, 0.2) is 92.5 Å². The molecule has 2 heterocycles. The minimum absolute atomic E-state index is 0.373. The summed E-state index contributed by atoms with van der Waals surface area (Å²) in [5, 5.41) is 1.10. The summed E-state index contributed by atoms with van der Waals surface area (Å²) in [6.07, 6.45) is 0. The van der Waals surface area contributed by atoms with Crippen LogP contribution < -0.4 is 5.63 Å². The van der Waals surface area contributed by atoms with Crippen LogP contribution in [0.25, 0.3) is 44.4 Å². The number of fused-ring (bicyclic) bond motifs is 3. The van der Waals surface area contributed by atoms with Crippen molar-refractivity contribution in [1.82, 2.24) is 0 Å². The van der Waals surface area contributed by atoms with Gasteiger partial charge in [-0.25, -0.2) is 9.59 Å². The van der Waals surface area contributed by atoms with Crippen LogP contribution in [0.4, 0.5) is 0 Å². The molecule has 0 saturated carbocycles. The van der Waals surface area contributed by atoms with Crippen LogP contribution in [0.2, 0.25) is 0 Å². The van der Waals surface area contributed by atoms with E-state index in [0.29, 0.717) is 33.4 Å². The Balaban J connectivity index is 1.86. The molecule has 0 aliphatic heterocycles. The van der Waals surface area contributed by atoms with E-state index in [4.69, 9.17) is 13.6 Å². The van der Waals surface area contributed by atoms with Crippen molar-refractivity contribution in [2.75, 3.05) is 7.11 Å². The smallest absolute Gasteiger partial charge is 0.348 e. The maximum Gasteiger partial charge on any atom is 0.348 e. The van der Waals surface area contributed by atoms with E-state index in [-0.39, 0.29) is 0 Å². The number of ether oxygens (including phenoxy) is 1. The molecule has 0 saturated heterocycles. The van der Waals surface area contributed by atoms with Crippen LogP contribution in [0, 0.1) is 0 Å². The zero-order valence-electron chi connectivity index (χ0n) is 16.0. The lowest BCUT2D eigenvalue weighted by atomic mass is 9.98. The Kier molecular flexibility index (Phi) is 4.21. The SMILES string of the molecule is COC(=O)c1ccc(-c2c(-c3ccccc3)oc3c2c(=O)oc2ccccc23)cc1. The number of esters is 1. The summed E-state index contributed by atoms with van der Waals surface area (Å²) < 4.78 is 16.6. The summed E-state index contributed by atoms with van der Waals surface area (Å²) in [6, 6.07) is 23.8. The number of benzene rings is 3. The van der Waals surface area contributed by atoms with Crippen LogP contribution >= 0.6 is 0 Å². The summed E-state index contributed by atoms with van der Waals surface area (Å²) in [6.45, 7) is 0. The third-order valence-corrected chi connectivity index (χ3v) is 5.08. The van der Waals surface area contributed by atoms with Gasteiger partial charge in [0.2, 0.25) is 0 Å². The van der Waals surface area contributed by atoms with Crippen LogP contribution in [0.5, 0.6) is 0 Å². The maximum atomic E-state index is 13.0. The number of methoxy groups -OCH3 is 1. The highest BCUT2D eigenvalue weighted by Gasteiger charge is 2.23. The van der Waals surface area contributed by atoms with Gasteiger partial charge in [-0.1, -0.05) is 54.6 Å². The minimum Gasteiger partial charge on any atom is -0.465 e. The van der Waals surface area contributed by atoms with Crippen molar-refractivity contribution in [3.05, 3.63) is 94.8 Å². The first kappa shape index (κ1) is 17.9. The van der Waals surface area contributed by atoms with Crippen molar-refractivity contribution in [2.24, 2.45) is 0 Å². The Bertz CT molecular complexity index is 1440. The summed E-state index contributed by atoms with van der Waals surface area (Å²) in [5.41, 5.74) is 3.11. The van der Waals surface area contributed by atoms with Crippen molar-refractivity contribution in [3.8, 4) is 22.5 Å². The molecule has 30 heavy (non-hydrogen) atoms. The van der Waals surface area contributed by atoms with Crippen molar-refractivity contribution < 1.29 is 18.4 Å². The van der Waals surface area contributed by atoms with Gasteiger partial charge < -0.3 is 13.6 Å². The Hall–Kier alpha value is -4.12. The number of rotatable bonds is 3. The maximum absolute atomic E-state index is 13.0. The molecule has 0 fully saturated rings. The Labute approximate surface area is 171 Å². The van der Waals surface area contributed by atoms with E-state index in [1.807, 2.05) is 48.5 Å². The monoisotopic (exact) mass is 396 g/mol. The fraction of sp³-hybridized carbons (Fsp3) is 0.0400. The van der Waals surface area contributed by atoms with Crippen LogP contribution in [-0.2, 0) is 4.74 Å². The molecule has 3 aromatic carbocycles. The summed E-state index contributed by atoms with van der Waals surface area (Å²) >= 11 is 0. The Morgan fingerprint density at radius 3 is 2.23 bits per heavy atom. The van der Waals surface area contributed by atoms with E-state index < -0.39 is 11.6 Å². The highest BCUT2D eigenvalue weighted by atomic mass is 16.5. The molecule has 0 radical (unpaired) electrons. The molecule has 5 rings (SSSR count). The largest absolute Gasteiger partial charge is 0.465 e. The van der Waals surface area contributed by atoms with Crippen LogP contribution in [0.3, 0.4) is 0 Å². The van der Waals surface area contributed by atoms with E-state index >= 15 is 0 Å². The zero-order chi connectivity index (χ0) is 20.7. The highest BCUT2D eigenvalue weighted by molar-refractivity contribution is 6.10. The van der Waals surface area contributed by atoms with E-state index in [0.717, 1.165) is 16.5 Å². The molecule has 0 spiro atoms. The Morgan fingerprint density at radius 1 is 0.800 bits per heavy atom. The first-order chi connectivity index (χ1) is 14.7. The average molecular weight is 396 g/mol. The second-order valence-corrected chi connectivity index (χ2v) is 6.83. The predicted molar refractivity (Wildman–Crippen MR) is 114 cm³/mol. The molecule has 0 amide bonds. The molecular weight excluding hydrogens is 380 g/mol. The second-order valence-electron chi connectivity index (χ2n) is 6.83. The topological polar surface area (TPSA) is 69.7 Å². The van der Waals surface area contributed by atoms with Gasteiger partial charge in [0.05, 0.1) is 18.1 Å². The predicted octanol–water partition coefficient (Wildman–Crippen LogP) is 5.66. The molecule has 0 aliphatic rings. The second kappa shape index (κ2) is 7.04. The lowest BCUT2D eigenvalue weighted by Crippen LogP contribution is -2.01. The van der Waals surface area contributed by atoms with E-state index in [9.17, 15) is 9.59 Å². The third-order valence-electron chi connectivity index (χ3n) is 5.08. The number of hydrogen-bond acceptors (Lipinski definition) is 5. The molecule has 0 bridgehead atoms. The lowest BCUT2D eigenvalue weighted by molar-refractivity contribution is 0.0601. The number of carbonyl (C=O) groups is 1. The molecule has 5 nitrogen and oxygen atoms in total. The van der Waals surface area contributed by atoms with Gasteiger partial charge in [0.1, 0.15) is 16.7 Å². The molecule has 2 aromatic heterocycles. The fourth-order valence-corrected chi connectivity index (χ4v) is 3.67. The van der Waals surface area contributed by atoms with Gasteiger partial charge in [0.15, 0.2) is 5.58 Å². The van der Waals surface area contributed by atoms with Gasteiger partial charge in [-0.05, 0) is 29.8 Å². The molecule has 0 atom stereocenters. The van der Waals surface area contributed by atoms with Gasteiger partial charge in [-0.3, -0.25) is 0 Å². The first-order valence-corrected chi connectivity index (χ1v) is 9.40. The molecule has 0 N–H and O–H groups in total. The third kappa shape index (κ3) is 2.79.